The van der Waals surface area contributed by atoms with Crippen LogP contribution in [0.2, 0.25) is 0 Å². The van der Waals surface area contributed by atoms with Gasteiger partial charge in [-0.2, -0.15) is 5.10 Å². The molecule has 28 heavy (non-hydrogen) atoms. The number of para-hydroxylation sites is 1. The van der Waals surface area contributed by atoms with Gasteiger partial charge in [-0.3, -0.25) is 14.4 Å². The van der Waals surface area contributed by atoms with E-state index in [1.54, 1.807) is 17.0 Å². The fraction of sp³-hybridized carbons (Fsp3) is 0.238. The second-order valence-electron chi connectivity index (χ2n) is 6.90. The quantitative estimate of drug-likeness (QED) is 0.750. The van der Waals surface area contributed by atoms with Gasteiger partial charge in [0.15, 0.2) is 0 Å². The Kier molecular flexibility index (Phi) is 4.65. The lowest BCUT2D eigenvalue weighted by Gasteiger charge is -2.17. The summed E-state index contributed by atoms with van der Waals surface area (Å²) in [7, 11) is 0. The summed E-state index contributed by atoms with van der Waals surface area (Å²) in [5.41, 5.74) is 1.20. The first-order valence-corrected chi connectivity index (χ1v) is 9.14. The first kappa shape index (κ1) is 17.9. The van der Waals surface area contributed by atoms with Crippen molar-refractivity contribution in [3.8, 4) is 0 Å². The molecule has 2 heterocycles. The number of hydrogen-bond acceptors (Lipinski definition) is 4. The predicted octanol–water partition coefficient (Wildman–Crippen LogP) is 1.63. The molecule has 0 radical (unpaired) electrons. The van der Waals surface area contributed by atoms with Gasteiger partial charge in [-0.1, -0.05) is 36.4 Å². The second-order valence-corrected chi connectivity index (χ2v) is 6.90. The third-order valence-corrected chi connectivity index (χ3v) is 4.90. The molecule has 1 aliphatic heterocycles. The fourth-order valence-electron chi connectivity index (χ4n) is 3.58. The Morgan fingerprint density at radius 3 is 2.50 bits per heavy atom. The van der Waals surface area contributed by atoms with E-state index < -0.39 is 0 Å². The second kappa shape index (κ2) is 7.26. The standard InChI is InChI=1S/C21H20N4O3/c1-14-17-9-5-6-10-18(17)21(28)25(23-14)13-19(26)22-15-11-20(27)24(12-15)16-7-3-2-4-8-16/h2-10,15H,11-13H2,1H3,(H,22,26)/t15-/m1/s1. The highest BCUT2D eigenvalue weighted by Crippen LogP contribution is 2.21. The minimum absolute atomic E-state index is 0.0339. The van der Waals surface area contributed by atoms with Crippen molar-refractivity contribution in [1.82, 2.24) is 15.1 Å². The van der Waals surface area contributed by atoms with Gasteiger partial charge in [-0.15, -0.1) is 0 Å². The summed E-state index contributed by atoms with van der Waals surface area (Å²) in [6.07, 6.45) is 0.236. The number of aromatic nitrogens is 2. The lowest BCUT2D eigenvalue weighted by Crippen LogP contribution is -2.41. The molecular formula is C21H20N4O3. The monoisotopic (exact) mass is 376 g/mol. The maximum atomic E-state index is 12.6. The maximum absolute atomic E-state index is 12.6. The molecule has 7 heteroatoms. The zero-order chi connectivity index (χ0) is 19.7. The zero-order valence-corrected chi connectivity index (χ0v) is 15.5. The number of hydrogen-bond donors (Lipinski definition) is 1. The van der Waals surface area contributed by atoms with Gasteiger partial charge in [0, 0.05) is 24.0 Å². The number of anilines is 1. The Bertz CT molecular complexity index is 1110. The van der Waals surface area contributed by atoms with Gasteiger partial charge in [-0.05, 0) is 25.1 Å². The molecule has 1 saturated heterocycles. The van der Waals surface area contributed by atoms with E-state index >= 15 is 0 Å². The molecule has 1 N–H and O–H groups in total. The van der Waals surface area contributed by atoms with Crippen molar-refractivity contribution in [3.05, 3.63) is 70.6 Å². The summed E-state index contributed by atoms with van der Waals surface area (Å²) in [6, 6.07) is 16.3. The Morgan fingerprint density at radius 1 is 1.07 bits per heavy atom. The Balaban J connectivity index is 1.47. The van der Waals surface area contributed by atoms with E-state index in [4.69, 9.17) is 0 Å². The lowest BCUT2D eigenvalue weighted by molar-refractivity contribution is -0.122. The zero-order valence-electron chi connectivity index (χ0n) is 15.5. The van der Waals surface area contributed by atoms with Crippen LogP contribution in [0.3, 0.4) is 0 Å². The molecule has 142 valence electrons. The van der Waals surface area contributed by atoms with Gasteiger partial charge in [0.2, 0.25) is 11.8 Å². The van der Waals surface area contributed by atoms with Gasteiger partial charge >= 0.3 is 0 Å². The van der Waals surface area contributed by atoms with Crippen molar-refractivity contribution in [2.45, 2.75) is 25.9 Å². The highest BCUT2D eigenvalue weighted by Gasteiger charge is 2.31. The highest BCUT2D eigenvalue weighted by atomic mass is 16.2. The van der Waals surface area contributed by atoms with E-state index in [0.717, 1.165) is 11.1 Å². The average Bonchev–Trinajstić information content (AvgIpc) is 3.06. The number of fused-ring (bicyclic) bond motifs is 1. The lowest BCUT2D eigenvalue weighted by atomic mass is 10.1. The van der Waals surface area contributed by atoms with Crippen molar-refractivity contribution < 1.29 is 9.59 Å². The van der Waals surface area contributed by atoms with Crippen molar-refractivity contribution in [2.75, 3.05) is 11.4 Å². The Hall–Kier alpha value is -3.48. The van der Waals surface area contributed by atoms with Crippen molar-refractivity contribution in [1.29, 1.82) is 0 Å². The minimum atomic E-state index is -0.336. The van der Waals surface area contributed by atoms with Crippen LogP contribution in [0.5, 0.6) is 0 Å². The number of nitrogens with one attached hydrogen (secondary N) is 1. The number of carbonyl (C=O) groups is 2. The number of aryl methyl sites for hydroxylation is 1. The van der Waals surface area contributed by atoms with E-state index in [9.17, 15) is 14.4 Å². The van der Waals surface area contributed by atoms with Crippen LogP contribution in [0.25, 0.3) is 10.8 Å². The van der Waals surface area contributed by atoms with Crippen LogP contribution in [-0.4, -0.2) is 34.2 Å². The third-order valence-electron chi connectivity index (χ3n) is 4.90. The summed E-state index contributed by atoms with van der Waals surface area (Å²) in [5, 5.41) is 8.43. The van der Waals surface area contributed by atoms with E-state index in [1.165, 1.54) is 4.68 Å². The van der Waals surface area contributed by atoms with Gasteiger partial charge in [0.1, 0.15) is 6.54 Å². The first-order valence-electron chi connectivity index (χ1n) is 9.14. The van der Waals surface area contributed by atoms with Crippen LogP contribution in [0.1, 0.15) is 12.1 Å². The summed E-state index contributed by atoms with van der Waals surface area (Å²) in [4.78, 5) is 39.0. The molecular weight excluding hydrogens is 356 g/mol. The number of nitrogens with zero attached hydrogens (tertiary/aromatic N) is 3. The van der Waals surface area contributed by atoms with Gasteiger partial charge in [0.25, 0.3) is 5.56 Å². The van der Waals surface area contributed by atoms with Crippen LogP contribution >= 0.6 is 0 Å². The van der Waals surface area contributed by atoms with Crippen LogP contribution < -0.4 is 15.8 Å². The molecule has 0 saturated carbocycles. The summed E-state index contributed by atoms with van der Waals surface area (Å²) >= 11 is 0. The summed E-state index contributed by atoms with van der Waals surface area (Å²) < 4.78 is 1.18. The van der Waals surface area contributed by atoms with Crippen LogP contribution in [0.4, 0.5) is 5.69 Å². The Labute approximate surface area is 161 Å². The topological polar surface area (TPSA) is 84.3 Å². The van der Waals surface area contributed by atoms with E-state index in [-0.39, 0.29) is 36.4 Å². The molecule has 0 unspecified atom stereocenters. The van der Waals surface area contributed by atoms with E-state index in [1.807, 2.05) is 49.4 Å². The Morgan fingerprint density at radius 2 is 1.75 bits per heavy atom. The molecule has 1 aromatic heterocycles. The minimum Gasteiger partial charge on any atom is -0.349 e. The molecule has 1 fully saturated rings. The molecule has 0 bridgehead atoms. The molecule has 3 aromatic rings. The highest BCUT2D eigenvalue weighted by molar-refractivity contribution is 5.96. The number of amides is 2. The smallest absolute Gasteiger partial charge is 0.275 e. The molecule has 7 nitrogen and oxygen atoms in total. The SMILES string of the molecule is Cc1nn(CC(=O)N[C@@H]2CC(=O)N(c3ccccc3)C2)c(=O)c2ccccc12. The summed E-state index contributed by atoms with van der Waals surface area (Å²) in [5.74, 6) is -0.370. The number of benzene rings is 2. The molecule has 4 rings (SSSR count). The van der Waals surface area contributed by atoms with E-state index in [2.05, 4.69) is 10.4 Å². The van der Waals surface area contributed by atoms with Gasteiger partial charge in [-0.25, -0.2) is 4.68 Å². The third kappa shape index (κ3) is 3.38. The van der Waals surface area contributed by atoms with Gasteiger partial charge < -0.3 is 10.2 Å². The molecule has 1 atom stereocenters. The molecule has 2 amide bonds. The molecule has 2 aromatic carbocycles. The number of carbonyl (C=O) groups excluding carboxylic acids is 2. The van der Waals surface area contributed by atoms with Crippen molar-refractivity contribution in [3.63, 3.8) is 0 Å². The predicted molar refractivity (Wildman–Crippen MR) is 106 cm³/mol. The largest absolute Gasteiger partial charge is 0.349 e. The molecule has 0 spiro atoms. The van der Waals surface area contributed by atoms with Crippen LogP contribution in [0, 0.1) is 6.92 Å². The average molecular weight is 376 g/mol. The summed E-state index contributed by atoms with van der Waals surface area (Å²) in [6.45, 7) is 2.04. The fourth-order valence-corrected chi connectivity index (χ4v) is 3.58. The van der Waals surface area contributed by atoms with Crippen molar-refractivity contribution >= 4 is 28.3 Å². The van der Waals surface area contributed by atoms with E-state index in [0.29, 0.717) is 17.6 Å². The maximum Gasteiger partial charge on any atom is 0.275 e. The van der Waals surface area contributed by atoms with Gasteiger partial charge in [0.05, 0.1) is 17.1 Å². The van der Waals surface area contributed by atoms with Crippen LogP contribution in [-0.2, 0) is 16.1 Å². The van der Waals surface area contributed by atoms with Crippen molar-refractivity contribution in [2.24, 2.45) is 0 Å². The number of rotatable bonds is 4. The molecule has 0 aliphatic carbocycles. The normalized spacial score (nSPS) is 16.5. The van der Waals surface area contributed by atoms with Crippen LogP contribution in [0.15, 0.2) is 59.4 Å². The molecule has 1 aliphatic rings. The first-order chi connectivity index (χ1) is 13.5.